The second-order valence-electron chi connectivity index (χ2n) is 8.42. The number of carbonyl (C=O) groups is 2. The summed E-state index contributed by atoms with van der Waals surface area (Å²) in [7, 11) is 0. The number of carbonyl (C=O) groups excluding carboxylic acids is 1. The van der Waals surface area contributed by atoms with Gasteiger partial charge in [-0.1, -0.05) is 41.9 Å². The largest absolute Gasteiger partial charge is 0.491 e. The molecule has 1 aliphatic heterocycles. The molecule has 3 aromatic carbocycles. The molecule has 0 bridgehead atoms. The summed E-state index contributed by atoms with van der Waals surface area (Å²) >= 11 is 6.34. The first-order valence-corrected chi connectivity index (χ1v) is 11.3. The fourth-order valence-electron chi connectivity index (χ4n) is 4.01. The molecule has 0 aromatic heterocycles. The van der Waals surface area contributed by atoms with E-state index in [0.717, 1.165) is 16.7 Å². The van der Waals surface area contributed by atoms with Crippen LogP contribution in [0.25, 0.3) is 11.1 Å². The summed E-state index contributed by atoms with van der Waals surface area (Å²) in [6, 6.07) is 19.4. The van der Waals surface area contributed by atoms with E-state index in [4.69, 9.17) is 16.3 Å². The number of nitrogens with zero attached hydrogens (tertiary/aromatic N) is 1. The van der Waals surface area contributed by atoms with E-state index in [0.29, 0.717) is 16.3 Å². The van der Waals surface area contributed by atoms with E-state index in [2.05, 4.69) is 4.99 Å². The van der Waals surface area contributed by atoms with Gasteiger partial charge in [-0.25, -0.2) is 4.79 Å². The molecule has 1 unspecified atom stereocenters. The number of allylic oxidation sites excluding steroid dienone is 1. The number of halogens is 1. The van der Waals surface area contributed by atoms with Gasteiger partial charge in [-0.2, -0.15) is 0 Å². The van der Waals surface area contributed by atoms with Crippen molar-refractivity contribution >= 4 is 29.6 Å². The van der Waals surface area contributed by atoms with Gasteiger partial charge in [-0.05, 0) is 79.1 Å². The predicted octanol–water partition coefficient (Wildman–Crippen LogP) is 6.30. The molecule has 1 aliphatic rings. The van der Waals surface area contributed by atoms with Crippen LogP contribution in [0, 0.1) is 0 Å². The lowest BCUT2D eigenvalue weighted by Crippen LogP contribution is -2.36. The maximum absolute atomic E-state index is 13.6. The summed E-state index contributed by atoms with van der Waals surface area (Å²) in [5.41, 5.74) is 1.83. The zero-order valence-electron chi connectivity index (χ0n) is 18.9. The van der Waals surface area contributed by atoms with Crippen LogP contribution < -0.4 is 4.74 Å². The summed E-state index contributed by atoms with van der Waals surface area (Å²) in [4.78, 5) is 29.7. The Kier molecular flexibility index (Phi) is 6.66. The first-order chi connectivity index (χ1) is 16.3. The van der Waals surface area contributed by atoms with Crippen molar-refractivity contribution in [3.63, 3.8) is 0 Å². The Hall–Kier alpha value is -3.70. The van der Waals surface area contributed by atoms with Gasteiger partial charge in [-0.15, -0.1) is 0 Å². The molecule has 1 heterocycles. The first kappa shape index (κ1) is 23.5. The van der Waals surface area contributed by atoms with Gasteiger partial charge in [0, 0.05) is 18.2 Å². The molecule has 1 N–H and O–H groups in total. The Bertz CT molecular complexity index is 1300. The van der Waals surface area contributed by atoms with E-state index in [-0.39, 0.29) is 23.9 Å². The Morgan fingerprint density at radius 3 is 2.47 bits per heavy atom. The zero-order valence-corrected chi connectivity index (χ0v) is 19.6. The molecular weight excluding hydrogens is 450 g/mol. The molecule has 0 fully saturated rings. The number of Topliss-reactive ketones (excluding diaryl/α,β-unsaturated/α-hetero) is 1. The molecule has 0 radical (unpaired) electrons. The highest BCUT2D eigenvalue weighted by Crippen LogP contribution is 2.35. The van der Waals surface area contributed by atoms with Gasteiger partial charge in [0.05, 0.1) is 16.7 Å². The lowest BCUT2D eigenvalue weighted by Gasteiger charge is -2.25. The number of ketones is 1. The third kappa shape index (κ3) is 4.80. The molecule has 0 saturated heterocycles. The molecule has 0 amide bonds. The van der Waals surface area contributed by atoms with Gasteiger partial charge in [0.2, 0.25) is 0 Å². The standard InChI is InChI=1S/C28H24ClNO4/c1-18(2)34-25-12-11-20(19-7-5-8-21(15-19)27(32)33)16-22(25)17-28(13-6-14-30-28)26(31)23-9-3-4-10-24(23)29/h3-16,18H,17H2,1-2H3,(H,32,33). The summed E-state index contributed by atoms with van der Waals surface area (Å²) < 4.78 is 6.06. The van der Waals surface area contributed by atoms with Gasteiger partial charge in [0.15, 0.2) is 5.78 Å². The molecule has 6 heteroatoms. The molecule has 1 atom stereocenters. The van der Waals surface area contributed by atoms with Crippen LogP contribution in [0.4, 0.5) is 0 Å². The SMILES string of the molecule is CC(C)Oc1ccc(-c2cccc(C(=O)O)c2)cc1CC1(C(=O)c2ccccc2Cl)C=CC=N1. The van der Waals surface area contributed by atoms with Crippen molar-refractivity contribution < 1.29 is 19.4 Å². The zero-order chi connectivity index (χ0) is 24.3. The van der Waals surface area contributed by atoms with E-state index < -0.39 is 11.5 Å². The topological polar surface area (TPSA) is 76.0 Å². The van der Waals surface area contributed by atoms with Crippen molar-refractivity contribution in [2.24, 2.45) is 4.99 Å². The molecule has 5 nitrogen and oxygen atoms in total. The number of hydrogen-bond donors (Lipinski definition) is 1. The normalized spacial score (nSPS) is 16.7. The minimum Gasteiger partial charge on any atom is -0.491 e. The molecule has 34 heavy (non-hydrogen) atoms. The number of carboxylic acid groups (broad SMARTS) is 1. The van der Waals surface area contributed by atoms with Crippen LogP contribution in [0.2, 0.25) is 5.02 Å². The lowest BCUT2D eigenvalue weighted by atomic mass is 9.83. The summed E-state index contributed by atoms with van der Waals surface area (Å²) in [6.45, 7) is 3.87. The highest BCUT2D eigenvalue weighted by molar-refractivity contribution is 6.34. The molecule has 0 saturated carbocycles. The van der Waals surface area contributed by atoms with Gasteiger partial charge in [0.25, 0.3) is 0 Å². The van der Waals surface area contributed by atoms with Gasteiger partial charge in [-0.3, -0.25) is 9.79 Å². The van der Waals surface area contributed by atoms with Gasteiger partial charge < -0.3 is 9.84 Å². The predicted molar refractivity (Wildman–Crippen MR) is 134 cm³/mol. The summed E-state index contributed by atoms with van der Waals surface area (Å²) in [5, 5.41) is 9.75. The van der Waals surface area contributed by atoms with E-state index in [1.54, 1.807) is 60.8 Å². The molecule has 0 aliphatic carbocycles. The summed E-state index contributed by atoms with van der Waals surface area (Å²) in [5.74, 6) is -0.539. The van der Waals surface area contributed by atoms with Crippen molar-refractivity contribution in [1.29, 1.82) is 0 Å². The third-order valence-electron chi connectivity index (χ3n) is 5.60. The van der Waals surface area contributed by atoms with Crippen LogP contribution in [0.3, 0.4) is 0 Å². The minimum absolute atomic E-state index is 0.0715. The van der Waals surface area contributed by atoms with E-state index in [9.17, 15) is 14.7 Å². The minimum atomic E-state index is -1.15. The molecule has 0 spiro atoms. The van der Waals surface area contributed by atoms with Crippen LogP contribution in [-0.4, -0.2) is 34.7 Å². The summed E-state index contributed by atoms with van der Waals surface area (Å²) in [6.07, 6.45) is 5.36. The smallest absolute Gasteiger partial charge is 0.335 e. The highest BCUT2D eigenvalue weighted by Gasteiger charge is 2.39. The number of carboxylic acids is 1. The van der Waals surface area contributed by atoms with Crippen LogP contribution >= 0.6 is 11.6 Å². The van der Waals surface area contributed by atoms with Crippen LogP contribution in [0.15, 0.2) is 83.9 Å². The average molecular weight is 474 g/mol. The van der Waals surface area contributed by atoms with Crippen molar-refractivity contribution in [2.45, 2.75) is 31.9 Å². The molecular formula is C28H24ClNO4. The van der Waals surface area contributed by atoms with Crippen molar-refractivity contribution in [3.8, 4) is 16.9 Å². The Labute approximate surface area is 203 Å². The van der Waals surface area contributed by atoms with E-state index in [1.165, 1.54) is 0 Å². The lowest BCUT2D eigenvalue weighted by molar-refractivity contribution is 0.0696. The number of aliphatic imine (C=N–C) groups is 1. The second-order valence-corrected chi connectivity index (χ2v) is 8.83. The second kappa shape index (κ2) is 9.65. The van der Waals surface area contributed by atoms with Crippen molar-refractivity contribution in [2.75, 3.05) is 0 Å². The number of ether oxygens (including phenoxy) is 1. The van der Waals surface area contributed by atoms with Gasteiger partial charge >= 0.3 is 5.97 Å². The monoisotopic (exact) mass is 473 g/mol. The molecule has 172 valence electrons. The van der Waals surface area contributed by atoms with Crippen LogP contribution in [0.5, 0.6) is 5.75 Å². The Balaban J connectivity index is 1.79. The highest BCUT2D eigenvalue weighted by atomic mass is 35.5. The first-order valence-electron chi connectivity index (χ1n) is 10.9. The fraction of sp³-hybridized carbons (Fsp3) is 0.179. The van der Waals surface area contributed by atoms with E-state index in [1.807, 2.05) is 38.1 Å². The Morgan fingerprint density at radius 1 is 1.03 bits per heavy atom. The van der Waals surface area contributed by atoms with Gasteiger partial charge in [0.1, 0.15) is 11.3 Å². The molecule has 4 rings (SSSR count). The van der Waals surface area contributed by atoms with Crippen molar-refractivity contribution in [1.82, 2.24) is 0 Å². The maximum Gasteiger partial charge on any atom is 0.335 e. The molecule has 3 aromatic rings. The van der Waals surface area contributed by atoms with E-state index >= 15 is 0 Å². The maximum atomic E-state index is 13.6. The van der Waals surface area contributed by atoms with Crippen molar-refractivity contribution in [3.05, 3.63) is 101 Å². The average Bonchev–Trinajstić information content (AvgIpc) is 3.29. The van der Waals surface area contributed by atoms with Crippen LogP contribution in [-0.2, 0) is 6.42 Å². The number of benzene rings is 3. The third-order valence-corrected chi connectivity index (χ3v) is 5.93. The number of rotatable bonds is 8. The number of hydrogen-bond acceptors (Lipinski definition) is 4. The van der Waals surface area contributed by atoms with Crippen LogP contribution in [0.1, 0.15) is 40.1 Å². The fourth-order valence-corrected chi connectivity index (χ4v) is 4.23. The number of aromatic carboxylic acids is 1. The quantitative estimate of drug-likeness (QED) is 0.389. The Morgan fingerprint density at radius 2 is 1.79 bits per heavy atom.